The Morgan fingerprint density at radius 3 is 3.00 bits per heavy atom. The first-order valence-electron chi connectivity index (χ1n) is 5.81. The second-order valence-electron chi connectivity index (χ2n) is 4.17. The van der Waals surface area contributed by atoms with E-state index >= 15 is 0 Å². The van der Waals surface area contributed by atoms with Crippen molar-refractivity contribution in [3.63, 3.8) is 0 Å². The zero-order valence-corrected chi connectivity index (χ0v) is 10.1. The molecule has 102 valence electrons. The number of carbonyl (C=O) groups is 2. The summed E-state index contributed by atoms with van der Waals surface area (Å²) in [6.45, 7) is 0.763. The van der Waals surface area contributed by atoms with Crippen LogP contribution in [0.5, 0.6) is 0 Å². The van der Waals surface area contributed by atoms with Crippen LogP contribution >= 0.6 is 0 Å². The van der Waals surface area contributed by atoms with Crippen LogP contribution in [0, 0.1) is 5.95 Å². The van der Waals surface area contributed by atoms with Gasteiger partial charge in [0.25, 0.3) is 5.91 Å². The van der Waals surface area contributed by atoms with Crippen LogP contribution in [0.15, 0.2) is 18.2 Å². The second-order valence-corrected chi connectivity index (χ2v) is 4.17. The SMILES string of the molecule is O=C(O)CC1COCCN1C(=O)c1cccc(F)n1. The Kier molecular flexibility index (Phi) is 4.06. The highest BCUT2D eigenvalue weighted by Crippen LogP contribution is 2.14. The smallest absolute Gasteiger partial charge is 0.305 e. The Morgan fingerprint density at radius 1 is 1.53 bits per heavy atom. The molecule has 1 N–H and O–H groups in total. The van der Waals surface area contributed by atoms with Crippen molar-refractivity contribution in [1.82, 2.24) is 9.88 Å². The van der Waals surface area contributed by atoms with Crippen LogP contribution in [0.2, 0.25) is 0 Å². The normalized spacial score (nSPS) is 19.2. The van der Waals surface area contributed by atoms with Crippen molar-refractivity contribution in [3.05, 3.63) is 29.8 Å². The Hall–Kier alpha value is -2.02. The fraction of sp³-hybridized carbons (Fsp3) is 0.417. The maximum atomic E-state index is 13.0. The number of rotatable bonds is 3. The molecule has 1 amide bonds. The minimum absolute atomic E-state index is 0.0303. The highest BCUT2D eigenvalue weighted by molar-refractivity contribution is 5.92. The van der Waals surface area contributed by atoms with Gasteiger partial charge < -0.3 is 14.7 Å². The van der Waals surface area contributed by atoms with E-state index in [1.807, 2.05) is 0 Å². The molecule has 0 aromatic carbocycles. The van der Waals surface area contributed by atoms with E-state index in [1.165, 1.54) is 17.0 Å². The van der Waals surface area contributed by atoms with E-state index in [1.54, 1.807) is 0 Å². The van der Waals surface area contributed by atoms with E-state index in [0.29, 0.717) is 6.61 Å². The van der Waals surface area contributed by atoms with E-state index in [9.17, 15) is 14.0 Å². The van der Waals surface area contributed by atoms with Gasteiger partial charge in [0.2, 0.25) is 5.95 Å². The lowest BCUT2D eigenvalue weighted by atomic mass is 10.1. The van der Waals surface area contributed by atoms with Crippen LogP contribution < -0.4 is 0 Å². The molecule has 1 aliphatic heterocycles. The monoisotopic (exact) mass is 268 g/mol. The number of carboxylic acid groups (broad SMARTS) is 1. The fourth-order valence-electron chi connectivity index (χ4n) is 1.97. The lowest BCUT2D eigenvalue weighted by Crippen LogP contribution is -2.49. The van der Waals surface area contributed by atoms with Crippen molar-refractivity contribution in [3.8, 4) is 0 Å². The van der Waals surface area contributed by atoms with Gasteiger partial charge in [0.05, 0.1) is 25.7 Å². The molecule has 19 heavy (non-hydrogen) atoms. The summed E-state index contributed by atoms with van der Waals surface area (Å²) < 4.78 is 18.2. The number of nitrogens with zero attached hydrogens (tertiary/aromatic N) is 2. The second kappa shape index (κ2) is 5.75. The number of hydrogen-bond donors (Lipinski definition) is 1. The minimum atomic E-state index is -1.01. The summed E-state index contributed by atoms with van der Waals surface area (Å²) in [4.78, 5) is 27.8. The third kappa shape index (κ3) is 3.25. The Bertz CT molecular complexity index is 494. The lowest BCUT2D eigenvalue weighted by Gasteiger charge is -2.34. The van der Waals surface area contributed by atoms with Crippen molar-refractivity contribution in [2.75, 3.05) is 19.8 Å². The van der Waals surface area contributed by atoms with Crippen LogP contribution in [0.1, 0.15) is 16.9 Å². The molecule has 0 radical (unpaired) electrons. The van der Waals surface area contributed by atoms with Gasteiger partial charge in [-0.2, -0.15) is 4.39 Å². The zero-order chi connectivity index (χ0) is 13.8. The number of morpholine rings is 1. The van der Waals surface area contributed by atoms with Gasteiger partial charge in [-0.1, -0.05) is 6.07 Å². The van der Waals surface area contributed by atoms with Crippen molar-refractivity contribution in [2.45, 2.75) is 12.5 Å². The lowest BCUT2D eigenvalue weighted by molar-refractivity contribution is -0.139. The molecule has 1 aromatic rings. The Balaban J connectivity index is 2.17. The van der Waals surface area contributed by atoms with Gasteiger partial charge >= 0.3 is 5.97 Å². The molecule has 1 atom stereocenters. The predicted molar refractivity (Wildman–Crippen MR) is 62.1 cm³/mol. The molecule has 6 nitrogen and oxygen atoms in total. The Labute approximate surface area is 108 Å². The van der Waals surface area contributed by atoms with Crippen molar-refractivity contribution in [1.29, 1.82) is 0 Å². The van der Waals surface area contributed by atoms with Crippen LogP contribution in [0.25, 0.3) is 0 Å². The number of carbonyl (C=O) groups excluding carboxylic acids is 1. The third-order valence-corrected chi connectivity index (χ3v) is 2.83. The maximum Gasteiger partial charge on any atom is 0.305 e. The Morgan fingerprint density at radius 2 is 2.32 bits per heavy atom. The van der Waals surface area contributed by atoms with Gasteiger partial charge in [-0.25, -0.2) is 4.98 Å². The van der Waals surface area contributed by atoms with Crippen molar-refractivity contribution >= 4 is 11.9 Å². The number of amides is 1. The average molecular weight is 268 g/mol. The third-order valence-electron chi connectivity index (χ3n) is 2.83. The summed E-state index contributed by atoms with van der Waals surface area (Å²) >= 11 is 0. The molecule has 2 heterocycles. The highest BCUT2D eigenvalue weighted by atomic mass is 19.1. The summed E-state index contributed by atoms with van der Waals surface area (Å²) in [5.74, 6) is -2.23. The van der Waals surface area contributed by atoms with Crippen LogP contribution in [0.4, 0.5) is 4.39 Å². The van der Waals surface area contributed by atoms with Crippen molar-refractivity contribution in [2.24, 2.45) is 0 Å². The minimum Gasteiger partial charge on any atom is -0.481 e. The maximum absolute atomic E-state index is 13.0. The summed E-state index contributed by atoms with van der Waals surface area (Å²) in [6.07, 6.45) is -0.207. The largest absolute Gasteiger partial charge is 0.481 e. The molecule has 0 aliphatic carbocycles. The molecule has 1 saturated heterocycles. The summed E-state index contributed by atoms with van der Waals surface area (Å²) in [5.41, 5.74) is -0.0303. The molecule has 1 unspecified atom stereocenters. The van der Waals surface area contributed by atoms with Gasteiger partial charge in [0.15, 0.2) is 0 Å². The van der Waals surface area contributed by atoms with E-state index < -0.39 is 23.9 Å². The van der Waals surface area contributed by atoms with Gasteiger partial charge in [-0.15, -0.1) is 0 Å². The van der Waals surface area contributed by atoms with Crippen molar-refractivity contribution < 1.29 is 23.8 Å². The molecule has 1 aliphatic rings. The fourth-order valence-corrected chi connectivity index (χ4v) is 1.97. The molecular weight excluding hydrogens is 255 g/mol. The number of carboxylic acids is 1. The number of ether oxygens (including phenoxy) is 1. The van der Waals surface area contributed by atoms with Crippen LogP contribution in [-0.2, 0) is 9.53 Å². The predicted octanol–water partition coefficient (Wildman–Crippen LogP) is 0.536. The first kappa shape index (κ1) is 13.4. The van der Waals surface area contributed by atoms with Gasteiger partial charge in [-0.05, 0) is 12.1 Å². The molecule has 1 aromatic heterocycles. The molecule has 2 rings (SSSR count). The first-order valence-corrected chi connectivity index (χ1v) is 5.81. The number of pyridine rings is 1. The van der Waals surface area contributed by atoms with E-state index in [2.05, 4.69) is 4.98 Å². The van der Waals surface area contributed by atoms with E-state index in [4.69, 9.17) is 9.84 Å². The number of halogens is 1. The van der Waals surface area contributed by atoms with E-state index in [-0.39, 0.29) is 25.3 Å². The first-order chi connectivity index (χ1) is 9.08. The van der Waals surface area contributed by atoms with Crippen LogP contribution in [-0.4, -0.2) is 52.7 Å². The molecule has 0 bridgehead atoms. The topological polar surface area (TPSA) is 79.7 Å². The number of hydrogen-bond acceptors (Lipinski definition) is 4. The molecular formula is C12H13FN2O4. The summed E-state index contributed by atoms with van der Waals surface area (Å²) in [7, 11) is 0. The zero-order valence-electron chi connectivity index (χ0n) is 10.1. The van der Waals surface area contributed by atoms with E-state index in [0.717, 1.165) is 6.07 Å². The standard InChI is InChI=1S/C12H13FN2O4/c13-10-3-1-2-9(14-10)12(18)15-4-5-19-7-8(15)6-11(16)17/h1-3,8H,4-7H2,(H,16,17). The molecule has 7 heteroatoms. The highest BCUT2D eigenvalue weighted by Gasteiger charge is 2.30. The van der Waals surface area contributed by atoms with Crippen LogP contribution in [0.3, 0.4) is 0 Å². The molecule has 0 saturated carbocycles. The van der Waals surface area contributed by atoms with Gasteiger partial charge in [0, 0.05) is 6.54 Å². The average Bonchev–Trinajstić information content (AvgIpc) is 2.38. The quantitative estimate of drug-likeness (QED) is 0.809. The number of aromatic nitrogens is 1. The summed E-state index contributed by atoms with van der Waals surface area (Å²) in [5, 5.41) is 8.81. The van der Waals surface area contributed by atoms with Gasteiger partial charge in [0.1, 0.15) is 5.69 Å². The molecule has 1 fully saturated rings. The molecule has 0 spiro atoms. The summed E-state index contributed by atoms with van der Waals surface area (Å²) in [6, 6.07) is 3.38. The number of aliphatic carboxylic acids is 1. The van der Waals surface area contributed by atoms with Gasteiger partial charge in [-0.3, -0.25) is 9.59 Å².